The first-order valence-corrected chi connectivity index (χ1v) is 9.17. The highest BCUT2D eigenvalue weighted by Gasteiger charge is 2.12. The van der Waals surface area contributed by atoms with Crippen molar-refractivity contribution in [2.75, 3.05) is 11.1 Å². The van der Waals surface area contributed by atoms with Gasteiger partial charge in [0.2, 0.25) is 11.8 Å². The molecule has 27 heavy (non-hydrogen) atoms. The molecule has 4 rings (SSSR count). The van der Waals surface area contributed by atoms with E-state index in [0.29, 0.717) is 5.56 Å². The van der Waals surface area contributed by atoms with Crippen molar-refractivity contribution in [1.29, 1.82) is 0 Å². The van der Waals surface area contributed by atoms with E-state index in [2.05, 4.69) is 15.5 Å². The number of nitrogens with zero attached hydrogens (tertiary/aromatic N) is 2. The van der Waals surface area contributed by atoms with Gasteiger partial charge in [-0.15, -0.1) is 10.2 Å². The predicted octanol–water partition coefficient (Wildman–Crippen LogP) is 4.76. The Kier molecular flexibility index (Phi) is 4.84. The van der Waals surface area contributed by atoms with Crippen LogP contribution in [0.5, 0.6) is 0 Å². The summed E-state index contributed by atoms with van der Waals surface area (Å²) in [6.45, 7) is 0. The van der Waals surface area contributed by atoms with Crippen molar-refractivity contribution in [3.05, 3.63) is 72.5 Å². The normalized spacial score (nSPS) is 10.9. The third-order valence-corrected chi connectivity index (χ3v) is 4.71. The van der Waals surface area contributed by atoms with Crippen LogP contribution in [-0.2, 0) is 4.79 Å². The quantitative estimate of drug-likeness (QED) is 0.506. The fourth-order valence-electron chi connectivity index (χ4n) is 2.63. The minimum absolute atomic E-state index is 0.133. The minimum Gasteiger partial charge on any atom is -0.411 e. The maximum absolute atomic E-state index is 13.0. The molecule has 1 N–H and O–H groups in total. The second-order valence-electron chi connectivity index (χ2n) is 5.74. The van der Waals surface area contributed by atoms with Crippen LogP contribution in [0.25, 0.3) is 22.2 Å². The van der Waals surface area contributed by atoms with Crippen LogP contribution in [0.15, 0.2) is 76.4 Å². The van der Waals surface area contributed by atoms with E-state index in [1.54, 1.807) is 12.1 Å². The number of nitrogens with one attached hydrogen (secondary N) is 1. The molecular formula is C20H14FN3O2S. The number of aromatic nitrogens is 2. The molecule has 1 amide bonds. The van der Waals surface area contributed by atoms with E-state index in [0.717, 1.165) is 28.2 Å². The van der Waals surface area contributed by atoms with Crippen molar-refractivity contribution in [2.45, 2.75) is 5.22 Å². The number of hydrogen-bond acceptors (Lipinski definition) is 5. The Labute approximate surface area is 158 Å². The number of carbonyl (C=O) groups is 1. The average Bonchev–Trinajstić information content (AvgIpc) is 3.16. The fourth-order valence-corrected chi connectivity index (χ4v) is 3.19. The van der Waals surface area contributed by atoms with Gasteiger partial charge >= 0.3 is 0 Å². The lowest BCUT2D eigenvalue weighted by molar-refractivity contribution is -0.113. The van der Waals surface area contributed by atoms with Crippen molar-refractivity contribution in [3.8, 4) is 11.5 Å². The zero-order valence-electron chi connectivity index (χ0n) is 14.1. The van der Waals surface area contributed by atoms with Gasteiger partial charge in [-0.3, -0.25) is 4.79 Å². The monoisotopic (exact) mass is 379 g/mol. The zero-order chi connectivity index (χ0) is 18.6. The van der Waals surface area contributed by atoms with Crippen LogP contribution >= 0.6 is 11.8 Å². The molecule has 0 radical (unpaired) electrons. The average molecular weight is 379 g/mol. The van der Waals surface area contributed by atoms with E-state index in [1.165, 1.54) is 12.1 Å². The fraction of sp³-hybridized carbons (Fsp3) is 0.0500. The summed E-state index contributed by atoms with van der Waals surface area (Å²) in [5.41, 5.74) is 1.38. The molecule has 0 unspecified atom stereocenters. The topological polar surface area (TPSA) is 68.0 Å². The number of amides is 1. The summed E-state index contributed by atoms with van der Waals surface area (Å²) >= 11 is 1.15. The van der Waals surface area contributed by atoms with Gasteiger partial charge in [0.05, 0.1) is 5.75 Å². The third kappa shape index (κ3) is 3.98. The first-order valence-electron chi connectivity index (χ1n) is 8.19. The van der Waals surface area contributed by atoms with Crippen LogP contribution in [0.2, 0.25) is 0 Å². The first-order chi connectivity index (χ1) is 13.2. The summed E-state index contributed by atoms with van der Waals surface area (Å²) in [6.07, 6.45) is 0. The lowest BCUT2D eigenvalue weighted by Crippen LogP contribution is -2.14. The largest absolute Gasteiger partial charge is 0.411 e. The van der Waals surface area contributed by atoms with Crippen LogP contribution < -0.4 is 5.32 Å². The van der Waals surface area contributed by atoms with Crippen LogP contribution in [0.1, 0.15) is 0 Å². The molecule has 0 fully saturated rings. The number of benzene rings is 3. The second-order valence-corrected chi connectivity index (χ2v) is 6.67. The van der Waals surface area contributed by atoms with Gasteiger partial charge in [-0.2, -0.15) is 0 Å². The summed E-state index contributed by atoms with van der Waals surface area (Å²) in [5.74, 6) is -0.0864. The zero-order valence-corrected chi connectivity index (χ0v) is 14.9. The summed E-state index contributed by atoms with van der Waals surface area (Å²) in [4.78, 5) is 12.3. The number of anilines is 1. The number of hydrogen-bond donors (Lipinski definition) is 1. The number of halogens is 1. The number of fused-ring (bicyclic) bond motifs is 1. The Morgan fingerprint density at radius 1 is 1.00 bits per heavy atom. The van der Waals surface area contributed by atoms with Crippen molar-refractivity contribution < 1.29 is 13.6 Å². The van der Waals surface area contributed by atoms with Gasteiger partial charge in [0.15, 0.2) is 0 Å². The summed E-state index contributed by atoms with van der Waals surface area (Å²) < 4.78 is 18.5. The van der Waals surface area contributed by atoms with Crippen LogP contribution in [-0.4, -0.2) is 21.9 Å². The number of rotatable bonds is 5. The van der Waals surface area contributed by atoms with Gasteiger partial charge in [-0.05, 0) is 35.7 Å². The molecule has 0 bridgehead atoms. The molecule has 4 aromatic rings. The molecule has 0 atom stereocenters. The third-order valence-electron chi connectivity index (χ3n) is 3.89. The van der Waals surface area contributed by atoms with Gasteiger partial charge in [-0.25, -0.2) is 4.39 Å². The molecule has 7 heteroatoms. The van der Waals surface area contributed by atoms with E-state index in [4.69, 9.17) is 4.42 Å². The molecule has 5 nitrogen and oxygen atoms in total. The lowest BCUT2D eigenvalue weighted by atomic mass is 10.1. The van der Waals surface area contributed by atoms with Gasteiger partial charge in [0, 0.05) is 16.6 Å². The molecule has 0 spiro atoms. The Morgan fingerprint density at radius 2 is 1.78 bits per heavy atom. The SMILES string of the molecule is O=C(CSc1nnc(-c2ccc(F)cc2)o1)Nc1cccc2ccccc12. The smallest absolute Gasteiger partial charge is 0.277 e. The molecule has 134 valence electrons. The summed E-state index contributed by atoms with van der Waals surface area (Å²) in [6, 6.07) is 19.4. The van der Waals surface area contributed by atoms with E-state index in [1.807, 2.05) is 42.5 Å². The van der Waals surface area contributed by atoms with Gasteiger partial charge < -0.3 is 9.73 Å². The highest BCUT2D eigenvalue weighted by molar-refractivity contribution is 7.99. The van der Waals surface area contributed by atoms with Gasteiger partial charge in [0.25, 0.3) is 5.22 Å². The molecule has 3 aromatic carbocycles. The first kappa shape index (κ1) is 17.2. The maximum Gasteiger partial charge on any atom is 0.277 e. The molecule has 0 aliphatic heterocycles. The van der Waals surface area contributed by atoms with Crippen LogP contribution in [0, 0.1) is 5.82 Å². The van der Waals surface area contributed by atoms with Crippen molar-refractivity contribution in [1.82, 2.24) is 10.2 Å². The second kappa shape index (κ2) is 7.59. The highest BCUT2D eigenvalue weighted by atomic mass is 32.2. The van der Waals surface area contributed by atoms with Crippen molar-refractivity contribution >= 4 is 34.1 Å². The molecular weight excluding hydrogens is 365 g/mol. The number of thioether (sulfide) groups is 1. The van der Waals surface area contributed by atoms with E-state index in [-0.39, 0.29) is 28.6 Å². The minimum atomic E-state index is -0.335. The predicted molar refractivity (Wildman–Crippen MR) is 103 cm³/mol. The Hall–Kier alpha value is -3.19. The highest BCUT2D eigenvalue weighted by Crippen LogP contribution is 2.25. The summed E-state index contributed by atoms with van der Waals surface area (Å²) in [5, 5.41) is 13.1. The Balaban J connectivity index is 1.40. The standard InChI is InChI=1S/C20H14FN3O2S/c21-15-10-8-14(9-11-15)19-23-24-20(26-19)27-12-18(25)22-17-7-3-5-13-4-1-2-6-16(13)17/h1-11H,12H2,(H,22,25). The van der Waals surface area contributed by atoms with Crippen molar-refractivity contribution in [3.63, 3.8) is 0 Å². The Morgan fingerprint density at radius 3 is 2.63 bits per heavy atom. The molecule has 0 saturated carbocycles. The molecule has 0 saturated heterocycles. The maximum atomic E-state index is 13.0. The van der Waals surface area contributed by atoms with Crippen molar-refractivity contribution in [2.24, 2.45) is 0 Å². The lowest BCUT2D eigenvalue weighted by Gasteiger charge is -2.07. The molecule has 1 heterocycles. The number of carbonyl (C=O) groups excluding carboxylic acids is 1. The Bertz CT molecular complexity index is 1090. The van der Waals surface area contributed by atoms with E-state index in [9.17, 15) is 9.18 Å². The molecule has 1 aromatic heterocycles. The van der Waals surface area contributed by atoms with Gasteiger partial charge in [-0.1, -0.05) is 48.2 Å². The summed E-state index contributed by atoms with van der Waals surface area (Å²) in [7, 11) is 0. The molecule has 0 aliphatic rings. The van der Waals surface area contributed by atoms with E-state index >= 15 is 0 Å². The van der Waals surface area contributed by atoms with Crippen LogP contribution in [0.4, 0.5) is 10.1 Å². The van der Waals surface area contributed by atoms with E-state index < -0.39 is 0 Å². The van der Waals surface area contributed by atoms with Gasteiger partial charge in [0.1, 0.15) is 5.82 Å². The van der Waals surface area contributed by atoms with Crippen LogP contribution in [0.3, 0.4) is 0 Å². The molecule has 0 aliphatic carbocycles.